The number of nitrogens with zero attached hydrogens (tertiary/aromatic N) is 1. The van der Waals surface area contributed by atoms with Gasteiger partial charge in [-0.15, -0.1) is 0 Å². The summed E-state index contributed by atoms with van der Waals surface area (Å²) in [6.07, 6.45) is 4.04. The van der Waals surface area contributed by atoms with E-state index in [1.165, 1.54) is 0 Å². The van der Waals surface area contributed by atoms with Crippen LogP contribution in [0.2, 0.25) is 0 Å². The number of nitrogens with one attached hydrogen (secondary N) is 1. The number of nitrogens with two attached hydrogens (primary N) is 1. The molecule has 0 aromatic carbocycles. The molecule has 1 unspecified atom stereocenters. The number of nitriles is 1. The Morgan fingerprint density at radius 2 is 2.20 bits per heavy atom. The van der Waals surface area contributed by atoms with Gasteiger partial charge in [-0.05, 0) is 32.2 Å². The maximum atomic E-state index is 11.5. The number of unbranched alkanes of at least 4 members (excludes halogenated alkanes) is 2. The summed E-state index contributed by atoms with van der Waals surface area (Å²) in [6.45, 7) is 3.23. The van der Waals surface area contributed by atoms with Crippen molar-refractivity contribution in [2.24, 2.45) is 11.7 Å². The van der Waals surface area contributed by atoms with E-state index in [1.54, 1.807) is 0 Å². The number of amides is 1. The van der Waals surface area contributed by atoms with E-state index in [1.807, 2.05) is 6.92 Å². The van der Waals surface area contributed by atoms with Crippen LogP contribution in [-0.2, 0) is 4.79 Å². The summed E-state index contributed by atoms with van der Waals surface area (Å²) in [5, 5.41) is 11.2. The lowest BCUT2D eigenvalue weighted by Crippen LogP contribution is -2.30. The van der Waals surface area contributed by atoms with Gasteiger partial charge >= 0.3 is 0 Å². The maximum Gasteiger partial charge on any atom is 0.222 e. The number of hydrogen-bond acceptors (Lipinski definition) is 3. The topological polar surface area (TPSA) is 78.9 Å². The van der Waals surface area contributed by atoms with Gasteiger partial charge in [0.1, 0.15) is 0 Å². The summed E-state index contributed by atoms with van der Waals surface area (Å²) in [5.74, 6) is 0.143. The highest BCUT2D eigenvalue weighted by molar-refractivity contribution is 5.78. The fourth-order valence-electron chi connectivity index (χ4n) is 1.27. The summed E-state index contributed by atoms with van der Waals surface area (Å²) < 4.78 is 0. The number of rotatable bonds is 8. The molecular weight excluding hydrogens is 190 g/mol. The second-order valence-electron chi connectivity index (χ2n) is 3.74. The van der Waals surface area contributed by atoms with E-state index in [4.69, 9.17) is 11.0 Å². The Bertz CT molecular complexity index is 210. The van der Waals surface area contributed by atoms with Crippen LogP contribution in [0.5, 0.6) is 0 Å². The Labute approximate surface area is 91.8 Å². The Morgan fingerprint density at radius 3 is 2.80 bits per heavy atom. The van der Waals surface area contributed by atoms with Crippen LogP contribution in [-0.4, -0.2) is 19.0 Å². The minimum absolute atomic E-state index is 0.0458. The SMILES string of the molecule is CC(CCCN)C(=O)NCCCCC#N. The van der Waals surface area contributed by atoms with E-state index in [0.717, 1.165) is 25.7 Å². The first kappa shape index (κ1) is 13.9. The molecule has 86 valence electrons. The summed E-state index contributed by atoms with van der Waals surface area (Å²) >= 11 is 0. The first-order valence-corrected chi connectivity index (χ1v) is 5.57. The van der Waals surface area contributed by atoms with Crippen molar-refractivity contribution in [3.05, 3.63) is 0 Å². The standard InChI is InChI=1S/C11H21N3O/c1-10(6-5-8-13)11(15)14-9-4-2-3-7-12/h10H,2-6,8-9,13H2,1H3,(H,14,15). The van der Waals surface area contributed by atoms with Crippen LogP contribution in [0.4, 0.5) is 0 Å². The van der Waals surface area contributed by atoms with Gasteiger partial charge in [0.2, 0.25) is 5.91 Å². The molecule has 0 saturated heterocycles. The highest BCUT2D eigenvalue weighted by atomic mass is 16.1. The maximum absolute atomic E-state index is 11.5. The number of carbonyl (C=O) groups is 1. The summed E-state index contributed by atoms with van der Waals surface area (Å²) in [4.78, 5) is 11.5. The molecule has 0 aromatic rings. The fraction of sp³-hybridized carbons (Fsp3) is 0.818. The van der Waals surface area contributed by atoms with Gasteiger partial charge in [-0.25, -0.2) is 0 Å². The molecule has 1 amide bonds. The molecule has 1 atom stereocenters. The van der Waals surface area contributed by atoms with Gasteiger partial charge in [0.15, 0.2) is 0 Å². The number of hydrogen-bond donors (Lipinski definition) is 2. The quantitative estimate of drug-likeness (QED) is 0.591. The lowest BCUT2D eigenvalue weighted by molar-refractivity contribution is -0.124. The summed E-state index contributed by atoms with van der Waals surface area (Å²) in [5.41, 5.74) is 5.37. The first-order valence-electron chi connectivity index (χ1n) is 5.57. The van der Waals surface area contributed by atoms with Crippen molar-refractivity contribution in [3.63, 3.8) is 0 Å². The average Bonchev–Trinajstić information content (AvgIpc) is 2.25. The molecule has 0 bridgehead atoms. The normalized spacial score (nSPS) is 11.8. The molecule has 4 heteroatoms. The second kappa shape index (κ2) is 9.47. The molecular formula is C11H21N3O. The molecule has 0 spiro atoms. The van der Waals surface area contributed by atoms with Gasteiger partial charge in [-0.1, -0.05) is 6.92 Å². The molecule has 4 nitrogen and oxygen atoms in total. The van der Waals surface area contributed by atoms with E-state index < -0.39 is 0 Å². The molecule has 0 heterocycles. The van der Waals surface area contributed by atoms with Crippen LogP contribution < -0.4 is 11.1 Å². The smallest absolute Gasteiger partial charge is 0.222 e. The molecule has 0 aliphatic carbocycles. The molecule has 0 aliphatic heterocycles. The van der Waals surface area contributed by atoms with Gasteiger partial charge in [0.05, 0.1) is 6.07 Å². The van der Waals surface area contributed by atoms with Crippen molar-refractivity contribution >= 4 is 5.91 Å². The highest BCUT2D eigenvalue weighted by Gasteiger charge is 2.10. The monoisotopic (exact) mass is 211 g/mol. The second-order valence-corrected chi connectivity index (χ2v) is 3.74. The van der Waals surface area contributed by atoms with Gasteiger partial charge in [-0.2, -0.15) is 5.26 Å². The van der Waals surface area contributed by atoms with Crippen LogP contribution in [0.15, 0.2) is 0 Å². The van der Waals surface area contributed by atoms with E-state index in [-0.39, 0.29) is 11.8 Å². The lowest BCUT2D eigenvalue weighted by Gasteiger charge is -2.10. The Kier molecular flexibility index (Phi) is 8.79. The Morgan fingerprint density at radius 1 is 1.47 bits per heavy atom. The zero-order valence-electron chi connectivity index (χ0n) is 9.46. The third kappa shape index (κ3) is 7.95. The number of carbonyl (C=O) groups excluding carboxylic acids is 1. The Balaban J connectivity index is 3.43. The predicted molar refractivity (Wildman–Crippen MR) is 59.9 cm³/mol. The van der Waals surface area contributed by atoms with Crippen LogP contribution in [0.1, 0.15) is 39.0 Å². The van der Waals surface area contributed by atoms with Crippen LogP contribution in [0, 0.1) is 17.2 Å². The van der Waals surface area contributed by atoms with E-state index in [9.17, 15) is 4.79 Å². The molecule has 0 fully saturated rings. The van der Waals surface area contributed by atoms with Gasteiger partial charge in [0.25, 0.3) is 0 Å². The molecule has 0 rings (SSSR count). The minimum atomic E-state index is 0.0458. The third-order valence-electron chi connectivity index (χ3n) is 2.30. The molecule has 0 aromatic heterocycles. The zero-order chi connectivity index (χ0) is 11.5. The van der Waals surface area contributed by atoms with E-state index in [0.29, 0.717) is 19.5 Å². The Hall–Kier alpha value is -1.08. The minimum Gasteiger partial charge on any atom is -0.356 e. The van der Waals surface area contributed by atoms with Crippen molar-refractivity contribution in [2.45, 2.75) is 39.0 Å². The zero-order valence-corrected chi connectivity index (χ0v) is 9.46. The lowest BCUT2D eigenvalue weighted by atomic mass is 10.0. The van der Waals surface area contributed by atoms with Crippen LogP contribution >= 0.6 is 0 Å². The van der Waals surface area contributed by atoms with Crippen LogP contribution in [0.25, 0.3) is 0 Å². The third-order valence-corrected chi connectivity index (χ3v) is 2.30. The molecule has 0 aliphatic rings. The molecule has 0 radical (unpaired) electrons. The molecule has 3 N–H and O–H groups in total. The largest absolute Gasteiger partial charge is 0.356 e. The van der Waals surface area contributed by atoms with E-state index >= 15 is 0 Å². The fourth-order valence-corrected chi connectivity index (χ4v) is 1.27. The van der Waals surface area contributed by atoms with Crippen molar-refractivity contribution in [1.82, 2.24) is 5.32 Å². The van der Waals surface area contributed by atoms with E-state index in [2.05, 4.69) is 11.4 Å². The molecule has 0 saturated carbocycles. The predicted octanol–water partition coefficient (Wildman–Crippen LogP) is 1.17. The van der Waals surface area contributed by atoms with Gasteiger partial charge in [0, 0.05) is 18.9 Å². The van der Waals surface area contributed by atoms with Crippen molar-refractivity contribution in [3.8, 4) is 6.07 Å². The van der Waals surface area contributed by atoms with Crippen molar-refractivity contribution in [1.29, 1.82) is 5.26 Å². The van der Waals surface area contributed by atoms with Crippen molar-refractivity contribution < 1.29 is 4.79 Å². The highest BCUT2D eigenvalue weighted by Crippen LogP contribution is 2.04. The first-order chi connectivity index (χ1) is 7.22. The molecule has 15 heavy (non-hydrogen) atoms. The van der Waals surface area contributed by atoms with Crippen molar-refractivity contribution in [2.75, 3.05) is 13.1 Å². The van der Waals surface area contributed by atoms with Gasteiger partial charge < -0.3 is 11.1 Å². The van der Waals surface area contributed by atoms with Crippen LogP contribution in [0.3, 0.4) is 0 Å². The van der Waals surface area contributed by atoms with Gasteiger partial charge in [-0.3, -0.25) is 4.79 Å². The average molecular weight is 211 g/mol. The summed E-state index contributed by atoms with van der Waals surface area (Å²) in [7, 11) is 0. The summed E-state index contributed by atoms with van der Waals surface area (Å²) in [6, 6.07) is 2.08.